The fourth-order valence-corrected chi connectivity index (χ4v) is 2.38. The van der Waals surface area contributed by atoms with Crippen LogP contribution in [-0.2, 0) is 6.54 Å². The average molecular weight is 334 g/mol. The molecular weight excluding hydrogens is 314 g/mol. The van der Waals surface area contributed by atoms with E-state index in [0.717, 1.165) is 29.8 Å². The van der Waals surface area contributed by atoms with Crippen LogP contribution in [0.5, 0.6) is 5.75 Å². The molecule has 0 aromatic heterocycles. The van der Waals surface area contributed by atoms with Gasteiger partial charge >= 0.3 is 5.97 Å². The molecule has 0 heterocycles. The molecule has 0 atom stereocenters. The van der Waals surface area contributed by atoms with Gasteiger partial charge in [0.1, 0.15) is 5.75 Å². The van der Waals surface area contributed by atoms with Gasteiger partial charge in [0.05, 0.1) is 12.2 Å². The number of carboxylic acids is 1. The Hall–Kier alpha value is -2.04. The summed E-state index contributed by atoms with van der Waals surface area (Å²) in [7, 11) is 0. The Morgan fingerprint density at radius 3 is 2.61 bits per heavy atom. The second-order valence-corrected chi connectivity index (χ2v) is 5.73. The molecule has 2 aromatic rings. The van der Waals surface area contributed by atoms with Crippen LogP contribution in [0.3, 0.4) is 0 Å². The van der Waals surface area contributed by atoms with E-state index < -0.39 is 5.97 Å². The summed E-state index contributed by atoms with van der Waals surface area (Å²) in [5.74, 6) is -0.0437. The maximum atomic E-state index is 10.8. The number of aromatic carboxylic acids is 1. The van der Waals surface area contributed by atoms with Crippen LogP contribution in [0.2, 0.25) is 5.02 Å². The Kier molecular flexibility index (Phi) is 6.44. The highest BCUT2D eigenvalue weighted by molar-refractivity contribution is 6.30. The number of carboxylic acid groups (broad SMARTS) is 1. The van der Waals surface area contributed by atoms with Gasteiger partial charge in [-0.3, -0.25) is 0 Å². The minimum atomic E-state index is -0.904. The Morgan fingerprint density at radius 1 is 1.22 bits per heavy atom. The van der Waals surface area contributed by atoms with E-state index in [4.69, 9.17) is 21.4 Å². The van der Waals surface area contributed by atoms with Crippen molar-refractivity contribution < 1.29 is 14.6 Å². The zero-order valence-corrected chi connectivity index (χ0v) is 13.8. The zero-order valence-electron chi connectivity index (χ0n) is 13.0. The van der Waals surface area contributed by atoms with Crippen LogP contribution in [0.1, 0.15) is 27.9 Å². The van der Waals surface area contributed by atoms with Gasteiger partial charge in [-0.05, 0) is 61.3 Å². The largest absolute Gasteiger partial charge is 0.493 e. The lowest BCUT2D eigenvalue weighted by Crippen LogP contribution is -2.17. The Morgan fingerprint density at radius 2 is 1.96 bits per heavy atom. The first-order chi connectivity index (χ1) is 11.1. The molecule has 4 nitrogen and oxygen atoms in total. The van der Waals surface area contributed by atoms with Crippen LogP contribution in [0.25, 0.3) is 0 Å². The van der Waals surface area contributed by atoms with Crippen molar-refractivity contribution in [1.82, 2.24) is 5.32 Å². The monoisotopic (exact) mass is 333 g/mol. The van der Waals surface area contributed by atoms with Crippen molar-refractivity contribution in [2.75, 3.05) is 13.2 Å². The van der Waals surface area contributed by atoms with Crippen LogP contribution >= 0.6 is 11.6 Å². The Bertz CT molecular complexity index is 656. The molecule has 122 valence electrons. The fourth-order valence-electron chi connectivity index (χ4n) is 2.15. The summed E-state index contributed by atoms with van der Waals surface area (Å²) in [4.78, 5) is 10.8. The van der Waals surface area contributed by atoms with E-state index in [1.54, 1.807) is 12.1 Å². The molecule has 0 aliphatic heterocycles. The molecule has 0 aliphatic rings. The number of benzene rings is 2. The summed E-state index contributed by atoms with van der Waals surface area (Å²) in [6, 6.07) is 12.5. The van der Waals surface area contributed by atoms with Crippen molar-refractivity contribution in [3.8, 4) is 5.75 Å². The van der Waals surface area contributed by atoms with Gasteiger partial charge in [-0.15, -0.1) is 0 Å². The summed E-state index contributed by atoms with van der Waals surface area (Å²) < 4.78 is 5.72. The smallest absolute Gasteiger partial charge is 0.335 e. The van der Waals surface area contributed by atoms with Gasteiger partial charge < -0.3 is 15.2 Å². The van der Waals surface area contributed by atoms with Gasteiger partial charge in [0, 0.05) is 11.6 Å². The van der Waals surface area contributed by atoms with Gasteiger partial charge in [-0.1, -0.05) is 23.7 Å². The first-order valence-corrected chi connectivity index (χ1v) is 7.86. The quantitative estimate of drug-likeness (QED) is 0.719. The van der Waals surface area contributed by atoms with Gasteiger partial charge in [0.15, 0.2) is 0 Å². The second-order valence-electron chi connectivity index (χ2n) is 5.29. The third-order valence-electron chi connectivity index (χ3n) is 3.42. The maximum Gasteiger partial charge on any atom is 0.335 e. The third kappa shape index (κ3) is 5.58. The number of hydrogen-bond donors (Lipinski definition) is 2. The lowest BCUT2D eigenvalue weighted by atomic mass is 10.1. The zero-order chi connectivity index (χ0) is 16.7. The van der Waals surface area contributed by atoms with Crippen molar-refractivity contribution in [3.63, 3.8) is 0 Å². The third-order valence-corrected chi connectivity index (χ3v) is 3.66. The normalized spacial score (nSPS) is 10.5. The Balaban J connectivity index is 1.65. The molecular formula is C18H20ClNO3. The SMILES string of the molecule is Cc1cc(Cl)ccc1OCCCNCc1ccc(C(=O)O)cc1. The summed E-state index contributed by atoms with van der Waals surface area (Å²) in [5.41, 5.74) is 2.40. The number of aryl methyl sites for hydroxylation is 1. The number of rotatable bonds is 8. The van der Waals surface area contributed by atoms with E-state index in [2.05, 4.69) is 5.32 Å². The average Bonchev–Trinajstić information content (AvgIpc) is 2.53. The van der Waals surface area contributed by atoms with Crippen molar-refractivity contribution >= 4 is 17.6 Å². The van der Waals surface area contributed by atoms with Crippen molar-refractivity contribution in [3.05, 3.63) is 64.2 Å². The van der Waals surface area contributed by atoms with E-state index in [9.17, 15) is 4.79 Å². The molecule has 5 heteroatoms. The van der Waals surface area contributed by atoms with E-state index in [1.165, 1.54) is 0 Å². The van der Waals surface area contributed by atoms with E-state index >= 15 is 0 Å². The molecule has 0 radical (unpaired) electrons. The number of nitrogens with one attached hydrogen (secondary N) is 1. The minimum absolute atomic E-state index is 0.306. The lowest BCUT2D eigenvalue weighted by Gasteiger charge is -2.10. The molecule has 0 saturated heterocycles. The van der Waals surface area contributed by atoms with E-state index in [-0.39, 0.29) is 0 Å². The van der Waals surface area contributed by atoms with Crippen molar-refractivity contribution in [1.29, 1.82) is 0 Å². The topological polar surface area (TPSA) is 58.6 Å². The van der Waals surface area contributed by atoms with Gasteiger partial charge in [-0.2, -0.15) is 0 Å². The fraction of sp³-hybridized carbons (Fsp3) is 0.278. The molecule has 0 fully saturated rings. The molecule has 0 spiro atoms. The molecule has 0 unspecified atom stereocenters. The first kappa shape index (κ1) is 17.3. The number of halogens is 1. The van der Waals surface area contributed by atoms with Crippen LogP contribution in [0.4, 0.5) is 0 Å². The number of carbonyl (C=O) groups is 1. The molecule has 2 aromatic carbocycles. The maximum absolute atomic E-state index is 10.8. The summed E-state index contributed by atoms with van der Waals surface area (Å²) in [6.07, 6.45) is 0.884. The summed E-state index contributed by atoms with van der Waals surface area (Å²) >= 11 is 5.91. The second kappa shape index (κ2) is 8.56. The van der Waals surface area contributed by atoms with Gasteiger partial charge in [0.25, 0.3) is 0 Å². The van der Waals surface area contributed by atoms with Crippen LogP contribution in [0, 0.1) is 6.92 Å². The van der Waals surface area contributed by atoms with Crippen LogP contribution < -0.4 is 10.1 Å². The van der Waals surface area contributed by atoms with Crippen LogP contribution in [-0.4, -0.2) is 24.2 Å². The van der Waals surface area contributed by atoms with Crippen molar-refractivity contribution in [2.24, 2.45) is 0 Å². The molecule has 2 N–H and O–H groups in total. The molecule has 0 amide bonds. The highest BCUT2D eigenvalue weighted by atomic mass is 35.5. The molecule has 2 rings (SSSR count). The van der Waals surface area contributed by atoms with Gasteiger partial charge in [-0.25, -0.2) is 4.79 Å². The minimum Gasteiger partial charge on any atom is -0.493 e. The summed E-state index contributed by atoms with van der Waals surface area (Å²) in [6.45, 7) is 4.14. The molecule has 0 saturated carbocycles. The van der Waals surface area contributed by atoms with E-state index in [1.807, 2.05) is 37.3 Å². The predicted molar refractivity (Wildman–Crippen MR) is 91.4 cm³/mol. The van der Waals surface area contributed by atoms with Gasteiger partial charge in [0.2, 0.25) is 0 Å². The van der Waals surface area contributed by atoms with Crippen LogP contribution in [0.15, 0.2) is 42.5 Å². The first-order valence-electron chi connectivity index (χ1n) is 7.48. The van der Waals surface area contributed by atoms with E-state index in [0.29, 0.717) is 23.7 Å². The molecule has 23 heavy (non-hydrogen) atoms. The highest BCUT2D eigenvalue weighted by Gasteiger charge is 2.02. The lowest BCUT2D eigenvalue weighted by molar-refractivity contribution is 0.0697. The number of hydrogen-bond acceptors (Lipinski definition) is 3. The highest BCUT2D eigenvalue weighted by Crippen LogP contribution is 2.21. The molecule has 0 bridgehead atoms. The summed E-state index contributed by atoms with van der Waals surface area (Å²) in [5, 5.41) is 12.9. The standard InChI is InChI=1S/C18H20ClNO3/c1-13-11-16(19)7-8-17(13)23-10-2-9-20-12-14-3-5-15(6-4-14)18(21)22/h3-8,11,20H,2,9-10,12H2,1H3,(H,21,22). The molecule has 0 aliphatic carbocycles. The predicted octanol–water partition coefficient (Wildman–Crippen LogP) is 3.91. The van der Waals surface area contributed by atoms with Crippen molar-refractivity contribution in [2.45, 2.75) is 19.9 Å². The number of ether oxygens (including phenoxy) is 1. The Labute approximate surface area is 141 Å².